The highest BCUT2D eigenvalue weighted by atomic mass is 32.2. The van der Waals surface area contributed by atoms with E-state index in [1.807, 2.05) is 74.5 Å². The lowest BCUT2D eigenvalue weighted by atomic mass is 9.62. The Kier molecular flexibility index (Phi) is 6.16. The third-order valence-corrected chi connectivity index (χ3v) is 8.81. The van der Waals surface area contributed by atoms with Crippen LogP contribution in [0.3, 0.4) is 0 Å². The van der Waals surface area contributed by atoms with Crippen LogP contribution in [-0.4, -0.2) is 19.5 Å². The molecule has 0 fully saturated rings. The van der Waals surface area contributed by atoms with Crippen molar-refractivity contribution < 1.29 is 13.2 Å². The Labute approximate surface area is 190 Å². The monoisotopic (exact) mass is 444 g/mol. The van der Waals surface area contributed by atoms with Crippen LogP contribution in [-0.2, 0) is 20.0 Å². The molecule has 0 heterocycles. The van der Waals surface area contributed by atoms with Crippen LogP contribution in [0, 0.1) is 0 Å². The van der Waals surface area contributed by atoms with Gasteiger partial charge in [-0.2, -0.15) is 0 Å². The Hall–Kier alpha value is -2.98. The number of benzene rings is 3. The van der Waals surface area contributed by atoms with Crippen molar-refractivity contribution in [1.29, 1.82) is 0 Å². The lowest BCUT2D eigenvalue weighted by molar-refractivity contribution is -0.116. The molecule has 0 saturated carbocycles. The Bertz CT molecular complexity index is 1190. The topological polar surface area (TPSA) is 51.2 Å². The first kappa shape index (κ1) is 22.2. The second-order valence-corrected chi connectivity index (χ2v) is 10.3. The Balaban J connectivity index is 2.11. The molecule has 0 saturated heterocycles. The third kappa shape index (κ3) is 3.53. The van der Waals surface area contributed by atoms with Gasteiger partial charge in [0.05, 0.1) is 4.90 Å². The maximum atomic E-state index is 14.2. The fourth-order valence-corrected chi connectivity index (χ4v) is 7.27. The van der Waals surface area contributed by atoms with Gasteiger partial charge in [0.15, 0.2) is 15.6 Å². The van der Waals surface area contributed by atoms with Crippen LogP contribution in [0.2, 0.25) is 0 Å². The first-order chi connectivity index (χ1) is 15.5. The molecular formula is C28H28O3S. The number of ketones is 1. The van der Waals surface area contributed by atoms with Crippen LogP contribution in [0.1, 0.15) is 44.2 Å². The first-order valence-corrected chi connectivity index (χ1v) is 12.7. The number of sulfone groups is 1. The summed E-state index contributed by atoms with van der Waals surface area (Å²) in [6, 6.07) is 27.7. The molecule has 0 aliphatic heterocycles. The number of Topliss-reactive ketones (excluding diaryl/α,β-unsaturated/α-hetero) is 1. The van der Waals surface area contributed by atoms with Crippen molar-refractivity contribution in [2.45, 2.75) is 48.7 Å². The van der Waals surface area contributed by atoms with Crippen LogP contribution in [0.4, 0.5) is 0 Å². The summed E-state index contributed by atoms with van der Waals surface area (Å²) in [5.41, 5.74) is 2.41. The van der Waals surface area contributed by atoms with E-state index in [0.717, 1.165) is 16.7 Å². The van der Waals surface area contributed by atoms with E-state index in [2.05, 4.69) is 0 Å². The van der Waals surface area contributed by atoms with Gasteiger partial charge in [0.1, 0.15) is 5.25 Å². The van der Waals surface area contributed by atoms with Gasteiger partial charge in [-0.05, 0) is 48.1 Å². The minimum absolute atomic E-state index is 0.185. The predicted octanol–water partition coefficient (Wildman–Crippen LogP) is 5.90. The summed E-state index contributed by atoms with van der Waals surface area (Å²) in [6.45, 7) is 3.98. The van der Waals surface area contributed by atoms with Gasteiger partial charge in [0.2, 0.25) is 0 Å². The van der Waals surface area contributed by atoms with Crippen LogP contribution in [0.15, 0.2) is 107 Å². The van der Waals surface area contributed by atoms with Gasteiger partial charge in [0, 0.05) is 5.41 Å². The number of carbonyl (C=O) groups is 1. The molecule has 3 nitrogen and oxygen atoms in total. The molecule has 3 aromatic carbocycles. The maximum absolute atomic E-state index is 14.2. The number of carbonyl (C=O) groups excluding carboxylic acids is 1. The standard InChI is InChI=1S/C28H28O3S/c1-3-21-20-28(22-14-8-5-9-15-22,23-16-10-6-11-17-23)27(26(29)25(21)4-2)32(30,31)24-18-12-7-13-19-24/h5-19,27H,3-4,20H2,1-2H3/t27-/m1/s1. The van der Waals surface area contributed by atoms with E-state index in [9.17, 15) is 13.2 Å². The van der Waals surface area contributed by atoms with E-state index in [1.54, 1.807) is 30.3 Å². The van der Waals surface area contributed by atoms with Crippen molar-refractivity contribution in [3.05, 3.63) is 113 Å². The Morgan fingerprint density at radius 3 is 1.66 bits per heavy atom. The molecule has 32 heavy (non-hydrogen) atoms. The summed E-state index contributed by atoms with van der Waals surface area (Å²) >= 11 is 0. The Morgan fingerprint density at radius 2 is 1.22 bits per heavy atom. The molecule has 0 bridgehead atoms. The molecule has 0 amide bonds. The third-order valence-electron chi connectivity index (χ3n) is 6.64. The summed E-state index contributed by atoms with van der Waals surface area (Å²) in [5.74, 6) is -0.271. The minimum atomic E-state index is -3.97. The summed E-state index contributed by atoms with van der Waals surface area (Å²) in [5, 5.41) is -1.23. The molecule has 164 valence electrons. The highest BCUT2D eigenvalue weighted by molar-refractivity contribution is 7.93. The number of allylic oxidation sites excluding steroid dienone is 2. The zero-order valence-electron chi connectivity index (χ0n) is 18.5. The van der Waals surface area contributed by atoms with Crippen LogP contribution < -0.4 is 0 Å². The van der Waals surface area contributed by atoms with Crippen molar-refractivity contribution >= 4 is 15.6 Å². The summed E-state index contributed by atoms with van der Waals surface area (Å²) in [4.78, 5) is 14.3. The molecule has 1 aliphatic carbocycles. The quantitative estimate of drug-likeness (QED) is 0.475. The predicted molar refractivity (Wildman–Crippen MR) is 128 cm³/mol. The number of hydrogen-bond acceptors (Lipinski definition) is 3. The maximum Gasteiger partial charge on any atom is 0.189 e. The molecule has 0 aromatic heterocycles. The minimum Gasteiger partial charge on any atom is -0.293 e. The van der Waals surface area contributed by atoms with E-state index in [-0.39, 0.29) is 10.7 Å². The SMILES string of the molecule is CCC1=C(CC)C(=O)[C@@H](S(=O)(=O)c2ccccc2)C(c2ccccc2)(c2ccccc2)C1. The van der Waals surface area contributed by atoms with E-state index in [1.165, 1.54) is 0 Å². The van der Waals surface area contributed by atoms with Crippen molar-refractivity contribution in [1.82, 2.24) is 0 Å². The molecule has 4 heteroatoms. The van der Waals surface area contributed by atoms with E-state index in [4.69, 9.17) is 0 Å². The van der Waals surface area contributed by atoms with Crippen LogP contribution in [0.25, 0.3) is 0 Å². The second kappa shape index (κ2) is 8.87. The van der Waals surface area contributed by atoms with E-state index >= 15 is 0 Å². The largest absolute Gasteiger partial charge is 0.293 e. The lowest BCUT2D eigenvalue weighted by Crippen LogP contribution is -2.53. The molecular weight excluding hydrogens is 416 g/mol. The molecule has 1 aliphatic rings. The smallest absolute Gasteiger partial charge is 0.189 e. The van der Waals surface area contributed by atoms with Gasteiger partial charge in [0.25, 0.3) is 0 Å². The van der Waals surface area contributed by atoms with Crippen LogP contribution >= 0.6 is 0 Å². The Morgan fingerprint density at radius 1 is 0.750 bits per heavy atom. The van der Waals surface area contributed by atoms with Gasteiger partial charge in [-0.25, -0.2) is 8.42 Å². The van der Waals surface area contributed by atoms with Gasteiger partial charge >= 0.3 is 0 Å². The zero-order valence-corrected chi connectivity index (χ0v) is 19.3. The fourth-order valence-electron chi connectivity index (χ4n) is 5.15. The van der Waals surface area contributed by atoms with Crippen molar-refractivity contribution in [2.24, 2.45) is 0 Å². The molecule has 4 rings (SSSR count). The number of hydrogen-bond donors (Lipinski definition) is 0. The molecule has 0 N–H and O–H groups in total. The average molecular weight is 445 g/mol. The normalized spacial score (nSPS) is 18.6. The second-order valence-electron chi connectivity index (χ2n) is 8.27. The van der Waals surface area contributed by atoms with Crippen molar-refractivity contribution in [3.8, 4) is 0 Å². The fraction of sp³-hybridized carbons (Fsp3) is 0.250. The molecule has 1 atom stereocenters. The van der Waals surface area contributed by atoms with Gasteiger partial charge in [-0.1, -0.05) is 98.3 Å². The lowest BCUT2D eigenvalue weighted by Gasteiger charge is -2.45. The summed E-state index contributed by atoms with van der Waals surface area (Å²) < 4.78 is 28.3. The molecule has 0 unspecified atom stereocenters. The van der Waals surface area contributed by atoms with Gasteiger partial charge < -0.3 is 0 Å². The van der Waals surface area contributed by atoms with E-state index in [0.29, 0.717) is 24.8 Å². The molecule has 3 aromatic rings. The highest BCUT2D eigenvalue weighted by Gasteiger charge is 2.56. The van der Waals surface area contributed by atoms with Crippen molar-refractivity contribution in [2.75, 3.05) is 0 Å². The average Bonchev–Trinajstić information content (AvgIpc) is 2.84. The molecule has 0 radical (unpaired) electrons. The highest BCUT2D eigenvalue weighted by Crippen LogP contribution is 2.50. The van der Waals surface area contributed by atoms with Crippen molar-refractivity contribution in [3.63, 3.8) is 0 Å². The van der Waals surface area contributed by atoms with Gasteiger partial charge in [-0.3, -0.25) is 4.79 Å². The zero-order chi connectivity index (χ0) is 22.8. The van der Waals surface area contributed by atoms with E-state index < -0.39 is 20.5 Å². The first-order valence-electron chi connectivity index (χ1n) is 11.1. The van der Waals surface area contributed by atoms with Crippen LogP contribution in [0.5, 0.6) is 0 Å². The molecule has 0 spiro atoms. The summed E-state index contributed by atoms with van der Waals surface area (Å²) in [6.07, 6.45) is 1.75. The van der Waals surface area contributed by atoms with Gasteiger partial charge in [-0.15, -0.1) is 0 Å². The summed E-state index contributed by atoms with van der Waals surface area (Å²) in [7, 11) is -3.97. The number of rotatable bonds is 6.